The van der Waals surface area contributed by atoms with Crippen molar-refractivity contribution in [1.29, 1.82) is 0 Å². The summed E-state index contributed by atoms with van der Waals surface area (Å²) in [5.41, 5.74) is -0.593. The number of benzene rings is 1. The zero-order chi connectivity index (χ0) is 10.6. The van der Waals surface area contributed by atoms with Crippen molar-refractivity contribution in [3.8, 4) is 0 Å². The summed E-state index contributed by atoms with van der Waals surface area (Å²) in [5.74, 6) is -0.752. The van der Waals surface area contributed by atoms with Crippen LogP contribution in [0.15, 0.2) is 23.2 Å². The van der Waals surface area contributed by atoms with E-state index < -0.39 is 10.7 Å². The van der Waals surface area contributed by atoms with Crippen molar-refractivity contribution in [3.05, 3.63) is 39.7 Å². The first kappa shape index (κ1) is 10.0. The number of rotatable bonds is 3. The van der Waals surface area contributed by atoms with Gasteiger partial charge in [-0.2, -0.15) is 0 Å². The number of hydrogen-bond acceptors (Lipinski definition) is 4. The standard InChI is InChI=1S/C8H5FN2O3/c9-7-2-1-3-8(11(13)14)6(7)4-10-5-12/h1-3H,4H2. The van der Waals surface area contributed by atoms with Crippen molar-refractivity contribution in [3.63, 3.8) is 0 Å². The van der Waals surface area contributed by atoms with Crippen LogP contribution in [-0.4, -0.2) is 11.0 Å². The lowest BCUT2D eigenvalue weighted by Gasteiger charge is -1.99. The lowest BCUT2D eigenvalue weighted by Crippen LogP contribution is -1.97. The molecule has 0 N–H and O–H groups in total. The van der Waals surface area contributed by atoms with Crippen molar-refractivity contribution in [2.45, 2.75) is 6.54 Å². The molecule has 0 aliphatic carbocycles. The van der Waals surface area contributed by atoms with Crippen LogP contribution in [0.4, 0.5) is 10.1 Å². The highest BCUT2D eigenvalue weighted by atomic mass is 19.1. The number of halogens is 1. The highest BCUT2D eigenvalue weighted by Gasteiger charge is 2.16. The van der Waals surface area contributed by atoms with E-state index in [9.17, 15) is 19.3 Å². The molecule has 1 aromatic rings. The Morgan fingerprint density at radius 1 is 1.57 bits per heavy atom. The fourth-order valence-corrected chi connectivity index (χ4v) is 0.986. The summed E-state index contributed by atoms with van der Waals surface area (Å²) in [5, 5.41) is 10.4. The van der Waals surface area contributed by atoms with Crippen LogP contribution in [0.2, 0.25) is 0 Å². The summed E-state index contributed by atoms with van der Waals surface area (Å²) in [6, 6.07) is 3.45. The molecule has 0 aliphatic rings. The van der Waals surface area contributed by atoms with Gasteiger partial charge in [0.2, 0.25) is 6.08 Å². The monoisotopic (exact) mass is 196 g/mol. The van der Waals surface area contributed by atoms with Crippen LogP contribution in [0.1, 0.15) is 5.56 Å². The van der Waals surface area contributed by atoms with E-state index in [1.54, 1.807) is 0 Å². The molecule has 6 heteroatoms. The van der Waals surface area contributed by atoms with Gasteiger partial charge in [0, 0.05) is 6.07 Å². The zero-order valence-electron chi connectivity index (χ0n) is 6.94. The second-order valence-corrected chi connectivity index (χ2v) is 2.40. The molecule has 0 bridgehead atoms. The minimum atomic E-state index is -0.752. The van der Waals surface area contributed by atoms with Gasteiger partial charge in [0.15, 0.2) is 0 Å². The normalized spacial score (nSPS) is 9.21. The third kappa shape index (κ3) is 1.99. The van der Waals surface area contributed by atoms with Gasteiger partial charge < -0.3 is 0 Å². The lowest BCUT2D eigenvalue weighted by atomic mass is 10.1. The van der Waals surface area contributed by atoms with Gasteiger partial charge in [-0.25, -0.2) is 14.2 Å². The Kier molecular flexibility index (Phi) is 3.04. The molecule has 0 unspecified atom stereocenters. The van der Waals surface area contributed by atoms with Crippen molar-refractivity contribution in [2.24, 2.45) is 4.99 Å². The van der Waals surface area contributed by atoms with Gasteiger partial charge in [0.25, 0.3) is 5.69 Å². The molecule has 72 valence electrons. The highest BCUT2D eigenvalue weighted by molar-refractivity contribution is 5.42. The van der Waals surface area contributed by atoms with Gasteiger partial charge >= 0.3 is 0 Å². The number of aliphatic imine (C=N–C) groups is 1. The van der Waals surface area contributed by atoms with Crippen molar-refractivity contribution in [1.82, 2.24) is 0 Å². The van der Waals surface area contributed by atoms with E-state index in [-0.39, 0.29) is 17.8 Å². The molecule has 0 spiro atoms. The molecule has 1 rings (SSSR count). The van der Waals surface area contributed by atoms with E-state index in [0.29, 0.717) is 0 Å². The van der Waals surface area contributed by atoms with Crippen molar-refractivity contribution < 1.29 is 14.1 Å². The average Bonchev–Trinajstić information content (AvgIpc) is 2.15. The Labute approximate surface area is 78.0 Å². The van der Waals surface area contributed by atoms with Crippen LogP contribution in [0.25, 0.3) is 0 Å². The maximum Gasteiger partial charge on any atom is 0.277 e. The van der Waals surface area contributed by atoms with Gasteiger partial charge in [-0.15, -0.1) is 0 Å². The summed E-state index contributed by atoms with van der Waals surface area (Å²) in [6.45, 7) is -0.369. The molecule has 0 saturated heterocycles. The van der Waals surface area contributed by atoms with E-state index in [0.717, 1.165) is 12.1 Å². The fraction of sp³-hybridized carbons (Fsp3) is 0.125. The molecule has 0 fully saturated rings. The molecule has 5 nitrogen and oxygen atoms in total. The number of carbonyl (C=O) groups excluding carboxylic acids is 1. The first-order valence-electron chi connectivity index (χ1n) is 3.62. The molecule has 1 aromatic carbocycles. The Balaban J connectivity index is 3.21. The second kappa shape index (κ2) is 4.25. The van der Waals surface area contributed by atoms with E-state index in [2.05, 4.69) is 4.99 Å². The molecule has 0 saturated carbocycles. The molecule has 0 aliphatic heterocycles. The largest absolute Gasteiger partial charge is 0.277 e. The number of isocyanates is 1. The smallest absolute Gasteiger partial charge is 0.258 e. The molecular weight excluding hydrogens is 191 g/mol. The maximum absolute atomic E-state index is 13.0. The summed E-state index contributed by atoms with van der Waals surface area (Å²) in [6.07, 6.45) is 1.20. The minimum absolute atomic E-state index is 0.208. The Morgan fingerprint density at radius 3 is 2.86 bits per heavy atom. The first-order valence-corrected chi connectivity index (χ1v) is 3.62. The van der Waals surface area contributed by atoms with Crippen LogP contribution in [0.5, 0.6) is 0 Å². The van der Waals surface area contributed by atoms with Gasteiger partial charge in [-0.3, -0.25) is 10.1 Å². The quantitative estimate of drug-likeness (QED) is 0.318. The Morgan fingerprint density at radius 2 is 2.29 bits per heavy atom. The maximum atomic E-state index is 13.0. The van der Waals surface area contributed by atoms with Crippen LogP contribution >= 0.6 is 0 Å². The third-order valence-corrected chi connectivity index (χ3v) is 1.59. The van der Waals surface area contributed by atoms with Crippen LogP contribution in [0, 0.1) is 15.9 Å². The van der Waals surface area contributed by atoms with Crippen LogP contribution in [0.3, 0.4) is 0 Å². The van der Waals surface area contributed by atoms with Crippen molar-refractivity contribution in [2.75, 3.05) is 0 Å². The number of nitro groups is 1. The lowest BCUT2D eigenvalue weighted by molar-refractivity contribution is -0.385. The summed E-state index contributed by atoms with van der Waals surface area (Å²) in [7, 11) is 0. The summed E-state index contributed by atoms with van der Waals surface area (Å²) < 4.78 is 13.0. The van der Waals surface area contributed by atoms with Crippen LogP contribution in [-0.2, 0) is 11.3 Å². The molecule has 0 aromatic heterocycles. The molecule has 0 atom stereocenters. The predicted octanol–water partition coefficient (Wildman–Crippen LogP) is 1.57. The Bertz CT molecular complexity index is 413. The van der Waals surface area contributed by atoms with Gasteiger partial charge in [0.1, 0.15) is 5.82 Å². The average molecular weight is 196 g/mol. The number of hydrogen-bond donors (Lipinski definition) is 0. The highest BCUT2D eigenvalue weighted by Crippen LogP contribution is 2.21. The van der Waals surface area contributed by atoms with Gasteiger partial charge in [-0.05, 0) is 6.07 Å². The number of nitrogens with zero attached hydrogens (tertiary/aromatic N) is 2. The van der Waals surface area contributed by atoms with Crippen LogP contribution < -0.4 is 0 Å². The van der Waals surface area contributed by atoms with E-state index >= 15 is 0 Å². The van der Waals surface area contributed by atoms with E-state index in [1.165, 1.54) is 12.1 Å². The zero-order valence-corrected chi connectivity index (χ0v) is 6.94. The van der Waals surface area contributed by atoms with E-state index in [4.69, 9.17) is 0 Å². The SMILES string of the molecule is O=C=NCc1c(F)cccc1[N+](=O)[O-]. The van der Waals surface area contributed by atoms with Gasteiger partial charge in [-0.1, -0.05) is 6.07 Å². The minimum Gasteiger partial charge on any atom is -0.258 e. The second-order valence-electron chi connectivity index (χ2n) is 2.40. The molecular formula is C8H5FN2O3. The first-order chi connectivity index (χ1) is 6.66. The molecule has 14 heavy (non-hydrogen) atoms. The van der Waals surface area contributed by atoms with E-state index in [1.807, 2.05) is 0 Å². The summed E-state index contributed by atoms with van der Waals surface area (Å²) in [4.78, 5) is 22.6. The van der Waals surface area contributed by atoms with Crippen molar-refractivity contribution >= 4 is 11.8 Å². The molecule has 0 radical (unpaired) electrons. The predicted molar refractivity (Wildman–Crippen MR) is 44.9 cm³/mol. The fourth-order valence-electron chi connectivity index (χ4n) is 0.986. The molecule has 0 heterocycles. The van der Waals surface area contributed by atoms with Gasteiger partial charge in [0.05, 0.1) is 17.0 Å². The number of nitro benzene ring substituents is 1. The molecule has 0 amide bonds. The summed E-state index contributed by atoms with van der Waals surface area (Å²) >= 11 is 0. The third-order valence-electron chi connectivity index (χ3n) is 1.59. The topological polar surface area (TPSA) is 72.6 Å². The Hall–Kier alpha value is -2.07.